The van der Waals surface area contributed by atoms with Gasteiger partial charge in [0.25, 0.3) is 0 Å². The van der Waals surface area contributed by atoms with Crippen LogP contribution in [0.1, 0.15) is 71.6 Å². The third-order valence-electron chi connectivity index (χ3n) is 8.32. The van der Waals surface area contributed by atoms with Gasteiger partial charge in [0.15, 0.2) is 0 Å². The van der Waals surface area contributed by atoms with E-state index in [2.05, 4.69) is 15.6 Å². The van der Waals surface area contributed by atoms with Crippen LogP contribution in [-0.2, 0) is 19.6 Å². The van der Waals surface area contributed by atoms with Gasteiger partial charge in [0.05, 0.1) is 10.6 Å². The number of nitrogens with one attached hydrogen (secondary N) is 3. The molecule has 3 N–H and O–H groups in total. The lowest BCUT2D eigenvalue weighted by Crippen LogP contribution is -2.52. The summed E-state index contributed by atoms with van der Waals surface area (Å²) >= 11 is 1.56. The number of ketones is 1. The van der Waals surface area contributed by atoms with Crippen molar-refractivity contribution >= 4 is 33.5 Å². The number of carbonyl (C=O) groups excluding carboxylic acids is 2. The predicted octanol–water partition coefficient (Wildman–Crippen LogP) is 2.02. The number of hydrogen-bond acceptors (Lipinski definition) is 7. The fourth-order valence-electron chi connectivity index (χ4n) is 6.15. The maximum Gasteiger partial charge on any atom is 0.235 e. The number of halogens is 1. The first-order chi connectivity index (χ1) is 15.6. The Morgan fingerprint density at radius 1 is 1.15 bits per heavy atom. The summed E-state index contributed by atoms with van der Waals surface area (Å²) in [5.74, 6) is -1.45. The second-order valence-corrected chi connectivity index (χ2v) is 14.3. The molecule has 5 fully saturated rings. The van der Waals surface area contributed by atoms with Crippen molar-refractivity contribution < 1.29 is 22.4 Å². The van der Waals surface area contributed by atoms with E-state index in [9.17, 15) is 22.4 Å². The third kappa shape index (κ3) is 4.60. The van der Waals surface area contributed by atoms with E-state index in [1.54, 1.807) is 16.7 Å². The quantitative estimate of drug-likeness (QED) is 0.477. The molecule has 6 atom stereocenters. The zero-order chi connectivity index (χ0) is 23.5. The molecule has 6 unspecified atom stereocenters. The SMILES string of the molecule is CC1NNC(N2C(=O)C(C(=O)C3CCC(F)CC3)C3CCC(S(=O)(=O)NC4(C)CC4)CC32)S1. The van der Waals surface area contributed by atoms with Crippen molar-refractivity contribution in [2.75, 3.05) is 0 Å². The third-order valence-corrected chi connectivity index (χ3v) is 11.5. The molecule has 2 aliphatic heterocycles. The molecule has 5 rings (SSSR count). The number of alkyl halides is 1. The van der Waals surface area contributed by atoms with Gasteiger partial charge in [0.1, 0.15) is 23.4 Å². The van der Waals surface area contributed by atoms with E-state index in [4.69, 9.17) is 0 Å². The summed E-state index contributed by atoms with van der Waals surface area (Å²) in [5.41, 5.74) is 5.59. The molecule has 0 spiro atoms. The Hall–Kier alpha value is -0.750. The van der Waals surface area contributed by atoms with Crippen LogP contribution in [-0.4, -0.2) is 58.9 Å². The van der Waals surface area contributed by atoms with Crippen LogP contribution in [0.4, 0.5) is 4.39 Å². The largest absolute Gasteiger partial charge is 0.313 e. The molecule has 0 radical (unpaired) electrons. The van der Waals surface area contributed by atoms with Gasteiger partial charge in [-0.25, -0.2) is 28.4 Å². The zero-order valence-corrected chi connectivity index (χ0v) is 20.9. The first kappa shape index (κ1) is 24.0. The molecule has 0 bridgehead atoms. The summed E-state index contributed by atoms with van der Waals surface area (Å²) < 4.78 is 42.8. The number of fused-ring (bicyclic) bond motifs is 1. The fourth-order valence-corrected chi connectivity index (χ4v) is 9.15. The minimum absolute atomic E-state index is 0.0571. The first-order valence-corrected chi connectivity index (χ1v) is 14.8. The number of rotatable bonds is 6. The van der Waals surface area contributed by atoms with E-state index >= 15 is 0 Å². The normalized spacial score (nSPS) is 42.9. The first-order valence-electron chi connectivity index (χ1n) is 12.3. The number of likely N-dealkylation sites (tertiary alicyclic amines) is 1. The van der Waals surface area contributed by atoms with Crippen LogP contribution >= 0.6 is 11.8 Å². The number of amides is 1. The lowest BCUT2D eigenvalue weighted by atomic mass is 9.73. The van der Waals surface area contributed by atoms with Crippen molar-refractivity contribution in [1.82, 2.24) is 20.5 Å². The van der Waals surface area contributed by atoms with Gasteiger partial charge in [-0.3, -0.25) is 9.59 Å². The number of hydrogen-bond donors (Lipinski definition) is 3. The van der Waals surface area contributed by atoms with Gasteiger partial charge < -0.3 is 4.90 Å². The van der Waals surface area contributed by atoms with Crippen LogP contribution in [0.3, 0.4) is 0 Å². The molecule has 11 heteroatoms. The Morgan fingerprint density at radius 3 is 2.45 bits per heavy atom. The summed E-state index contributed by atoms with van der Waals surface area (Å²) in [6.07, 6.45) is 3.91. The lowest BCUT2D eigenvalue weighted by molar-refractivity contribution is -0.140. The van der Waals surface area contributed by atoms with E-state index in [0.717, 1.165) is 12.8 Å². The van der Waals surface area contributed by atoms with Crippen molar-refractivity contribution in [3.05, 3.63) is 0 Å². The second-order valence-electron chi connectivity index (χ2n) is 10.9. The lowest BCUT2D eigenvalue weighted by Gasteiger charge is -2.38. The van der Waals surface area contributed by atoms with Gasteiger partial charge in [-0.2, -0.15) is 0 Å². The monoisotopic (exact) mass is 502 g/mol. The van der Waals surface area contributed by atoms with E-state index in [1.165, 1.54) is 0 Å². The molecule has 186 valence electrons. The van der Waals surface area contributed by atoms with Gasteiger partial charge in [0, 0.05) is 17.5 Å². The van der Waals surface area contributed by atoms with Gasteiger partial charge in [-0.15, -0.1) is 11.8 Å². The van der Waals surface area contributed by atoms with Crippen LogP contribution in [0, 0.1) is 17.8 Å². The molecule has 5 aliphatic rings. The molecule has 0 aromatic heterocycles. The van der Waals surface area contributed by atoms with Gasteiger partial charge in [0.2, 0.25) is 15.9 Å². The van der Waals surface area contributed by atoms with Gasteiger partial charge in [-0.05, 0) is 77.6 Å². The molecule has 1 amide bonds. The van der Waals surface area contributed by atoms with E-state index < -0.39 is 27.4 Å². The number of carbonyl (C=O) groups is 2. The highest BCUT2D eigenvalue weighted by atomic mass is 32.2. The summed E-state index contributed by atoms with van der Waals surface area (Å²) in [6, 6.07) is -0.302. The van der Waals surface area contributed by atoms with Crippen molar-refractivity contribution in [3.63, 3.8) is 0 Å². The van der Waals surface area contributed by atoms with Crippen molar-refractivity contribution in [2.24, 2.45) is 17.8 Å². The summed E-state index contributed by atoms with van der Waals surface area (Å²) in [5, 5.41) is -0.477. The highest BCUT2D eigenvalue weighted by molar-refractivity contribution is 8.00. The fraction of sp³-hybridized carbons (Fsp3) is 0.909. The number of nitrogens with zero attached hydrogens (tertiary/aromatic N) is 1. The van der Waals surface area contributed by atoms with Crippen LogP contribution in [0.2, 0.25) is 0 Å². The molecule has 33 heavy (non-hydrogen) atoms. The van der Waals surface area contributed by atoms with E-state index in [0.29, 0.717) is 44.9 Å². The van der Waals surface area contributed by atoms with Crippen molar-refractivity contribution in [3.8, 4) is 0 Å². The Balaban J connectivity index is 1.38. The number of thioether (sulfide) groups is 1. The number of hydrazine groups is 1. The molecular weight excluding hydrogens is 467 g/mol. The average Bonchev–Trinajstić information content (AvgIpc) is 3.19. The Kier molecular flexibility index (Phi) is 6.34. The molecular formula is C22H35FN4O4S2. The van der Waals surface area contributed by atoms with Crippen LogP contribution in [0.5, 0.6) is 0 Å². The summed E-state index contributed by atoms with van der Waals surface area (Å²) in [6.45, 7) is 3.91. The number of sulfonamides is 1. The summed E-state index contributed by atoms with van der Waals surface area (Å²) in [4.78, 5) is 29.0. The standard InChI is InChI=1S/C22H35FN4O4S2/c1-12-24-25-21(32-12)27-17-11-15(33(30,31)26-22(2)9-10-22)7-8-16(17)18(20(27)29)19(28)13-3-5-14(23)6-4-13/h12-18,21,24-26H,3-11H2,1-2H3. The Morgan fingerprint density at radius 2 is 1.85 bits per heavy atom. The molecule has 2 saturated heterocycles. The predicted molar refractivity (Wildman–Crippen MR) is 124 cm³/mol. The van der Waals surface area contributed by atoms with Crippen molar-refractivity contribution in [1.29, 1.82) is 0 Å². The zero-order valence-electron chi connectivity index (χ0n) is 19.3. The van der Waals surface area contributed by atoms with Crippen LogP contribution < -0.4 is 15.6 Å². The van der Waals surface area contributed by atoms with Crippen molar-refractivity contribution in [2.45, 2.75) is 106 Å². The molecule has 0 aromatic rings. The topological polar surface area (TPSA) is 108 Å². The van der Waals surface area contributed by atoms with E-state index in [-0.39, 0.29) is 46.0 Å². The van der Waals surface area contributed by atoms with E-state index in [1.807, 2.05) is 13.8 Å². The molecule has 3 saturated carbocycles. The maximum atomic E-state index is 13.7. The average molecular weight is 503 g/mol. The molecule has 2 heterocycles. The highest BCUT2D eigenvalue weighted by Gasteiger charge is 2.58. The Labute approximate surface area is 199 Å². The smallest absolute Gasteiger partial charge is 0.235 e. The number of Topliss-reactive ketones (excluding diaryl/α,β-unsaturated/α-hetero) is 1. The minimum atomic E-state index is -3.51. The highest BCUT2D eigenvalue weighted by Crippen LogP contribution is 2.47. The Bertz CT molecular complexity index is 906. The van der Waals surface area contributed by atoms with Crippen LogP contribution in [0.25, 0.3) is 0 Å². The van der Waals surface area contributed by atoms with Crippen LogP contribution in [0.15, 0.2) is 0 Å². The summed E-state index contributed by atoms with van der Waals surface area (Å²) in [7, 11) is -3.51. The maximum absolute atomic E-state index is 13.7. The molecule has 0 aromatic carbocycles. The second kappa shape index (κ2) is 8.72. The minimum Gasteiger partial charge on any atom is -0.313 e. The molecule has 3 aliphatic carbocycles. The molecule has 8 nitrogen and oxygen atoms in total. The van der Waals surface area contributed by atoms with Gasteiger partial charge >= 0.3 is 0 Å². The van der Waals surface area contributed by atoms with Gasteiger partial charge in [-0.1, -0.05) is 0 Å².